The molecule has 20 heavy (non-hydrogen) atoms. The molecule has 0 amide bonds. The molecule has 0 aliphatic rings. The van der Waals surface area contributed by atoms with Crippen LogP contribution in [0.2, 0.25) is 0 Å². The molecule has 0 aliphatic heterocycles. The molecular formula is C11H21IN4O2S2. The molecule has 0 radical (unpaired) electrons. The van der Waals surface area contributed by atoms with E-state index in [-0.39, 0.29) is 36.3 Å². The summed E-state index contributed by atoms with van der Waals surface area (Å²) in [7, 11) is -3.44. The van der Waals surface area contributed by atoms with Crippen LogP contribution >= 0.6 is 35.3 Å². The van der Waals surface area contributed by atoms with Crippen molar-refractivity contribution in [2.75, 3.05) is 18.8 Å². The SMILES string of the molecule is CCNC(=NCc1ccc(C)s1)NCCS(N)(=O)=O.I. The van der Waals surface area contributed by atoms with Crippen LogP contribution in [0.15, 0.2) is 17.1 Å². The van der Waals surface area contributed by atoms with Crippen LogP contribution in [0.3, 0.4) is 0 Å². The molecule has 4 N–H and O–H groups in total. The number of nitrogens with one attached hydrogen (secondary N) is 2. The van der Waals surface area contributed by atoms with Crippen molar-refractivity contribution in [3.8, 4) is 0 Å². The summed E-state index contributed by atoms with van der Waals surface area (Å²) in [5.41, 5.74) is 0. The second-order valence-corrected chi connectivity index (χ2v) is 7.11. The highest BCUT2D eigenvalue weighted by Crippen LogP contribution is 2.15. The average molecular weight is 432 g/mol. The van der Waals surface area contributed by atoms with E-state index in [1.54, 1.807) is 11.3 Å². The van der Waals surface area contributed by atoms with E-state index in [4.69, 9.17) is 5.14 Å². The highest BCUT2D eigenvalue weighted by Gasteiger charge is 2.03. The Hall–Kier alpha value is -0.390. The zero-order valence-corrected chi connectivity index (χ0v) is 15.5. The van der Waals surface area contributed by atoms with E-state index in [9.17, 15) is 8.42 Å². The van der Waals surface area contributed by atoms with Crippen LogP contribution in [0.4, 0.5) is 0 Å². The number of nitrogens with two attached hydrogens (primary N) is 1. The molecule has 0 saturated carbocycles. The second-order valence-electron chi connectivity index (χ2n) is 4.00. The monoisotopic (exact) mass is 432 g/mol. The lowest BCUT2D eigenvalue weighted by Crippen LogP contribution is -2.40. The van der Waals surface area contributed by atoms with Crippen molar-refractivity contribution in [1.29, 1.82) is 0 Å². The van der Waals surface area contributed by atoms with Crippen LogP contribution in [-0.4, -0.2) is 33.2 Å². The molecule has 9 heteroatoms. The predicted molar refractivity (Wildman–Crippen MR) is 95.3 cm³/mol. The van der Waals surface area contributed by atoms with Crippen molar-refractivity contribution in [3.05, 3.63) is 21.9 Å². The van der Waals surface area contributed by atoms with Crippen molar-refractivity contribution >= 4 is 51.3 Å². The van der Waals surface area contributed by atoms with Gasteiger partial charge in [0, 0.05) is 22.8 Å². The quantitative estimate of drug-likeness (QED) is 0.355. The fourth-order valence-corrected chi connectivity index (χ4v) is 2.58. The molecule has 0 bridgehead atoms. The fraction of sp³-hybridized carbons (Fsp3) is 0.545. The Kier molecular flexibility index (Phi) is 9.34. The Labute approximate surface area is 141 Å². The summed E-state index contributed by atoms with van der Waals surface area (Å²) in [6, 6.07) is 4.09. The number of rotatable bonds is 6. The molecule has 6 nitrogen and oxygen atoms in total. The number of thiophene rings is 1. The standard InChI is InChI=1S/C11H20N4O2S2.HI/c1-3-13-11(14-6-7-19(12,16)17)15-8-10-5-4-9(2)18-10;/h4-5H,3,6-8H2,1-2H3,(H2,12,16,17)(H2,13,14,15);1H. The molecule has 1 rings (SSSR count). The van der Waals surface area contributed by atoms with Gasteiger partial charge in [-0.05, 0) is 26.0 Å². The van der Waals surface area contributed by atoms with Crippen LogP contribution < -0.4 is 15.8 Å². The van der Waals surface area contributed by atoms with Crippen LogP contribution in [0.5, 0.6) is 0 Å². The fourth-order valence-electron chi connectivity index (χ4n) is 1.38. The lowest BCUT2D eigenvalue weighted by molar-refractivity contribution is 0.596. The van der Waals surface area contributed by atoms with Crippen LogP contribution in [0.1, 0.15) is 16.7 Å². The van der Waals surface area contributed by atoms with Crippen LogP contribution in [0, 0.1) is 6.92 Å². The van der Waals surface area contributed by atoms with Crippen LogP contribution in [-0.2, 0) is 16.6 Å². The predicted octanol–water partition coefficient (Wildman–Crippen LogP) is 1.02. The molecule has 1 aromatic heterocycles. The highest BCUT2D eigenvalue weighted by atomic mass is 127. The Morgan fingerprint density at radius 2 is 2.10 bits per heavy atom. The molecule has 0 saturated heterocycles. The van der Waals surface area contributed by atoms with Crippen molar-refractivity contribution in [2.24, 2.45) is 10.1 Å². The van der Waals surface area contributed by atoms with Gasteiger partial charge in [0.25, 0.3) is 0 Å². The van der Waals surface area contributed by atoms with E-state index < -0.39 is 10.0 Å². The van der Waals surface area contributed by atoms with Crippen molar-refractivity contribution in [1.82, 2.24) is 10.6 Å². The number of halogens is 1. The molecule has 0 fully saturated rings. The Balaban J connectivity index is 0.00000361. The first kappa shape index (κ1) is 19.6. The second kappa shape index (κ2) is 9.53. The average Bonchev–Trinajstić information content (AvgIpc) is 2.70. The van der Waals surface area contributed by atoms with Gasteiger partial charge >= 0.3 is 0 Å². The number of aliphatic imine (C=N–C) groups is 1. The van der Waals surface area contributed by atoms with Gasteiger partial charge in [-0.15, -0.1) is 35.3 Å². The first-order valence-corrected chi connectivity index (χ1v) is 8.52. The van der Waals surface area contributed by atoms with Gasteiger partial charge in [0.15, 0.2) is 5.96 Å². The number of hydrogen-bond donors (Lipinski definition) is 3. The van der Waals surface area contributed by atoms with Crippen molar-refractivity contribution < 1.29 is 8.42 Å². The van der Waals surface area contributed by atoms with E-state index in [1.165, 1.54) is 9.75 Å². The molecular weight excluding hydrogens is 411 g/mol. The third kappa shape index (κ3) is 8.72. The lowest BCUT2D eigenvalue weighted by Gasteiger charge is -2.10. The first-order chi connectivity index (χ1) is 8.90. The number of hydrogen-bond acceptors (Lipinski definition) is 4. The highest BCUT2D eigenvalue weighted by molar-refractivity contribution is 14.0. The van der Waals surface area contributed by atoms with Crippen molar-refractivity contribution in [2.45, 2.75) is 20.4 Å². The van der Waals surface area contributed by atoms with Gasteiger partial charge in [-0.1, -0.05) is 0 Å². The number of nitrogens with zero attached hydrogens (tertiary/aromatic N) is 1. The maximum Gasteiger partial charge on any atom is 0.210 e. The summed E-state index contributed by atoms with van der Waals surface area (Å²) in [6.45, 7) is 5.53. The zero-order chi connectivity index (χ0) is 14.3. The minimum atomic E-state index is -3.44. The Bertz CT molecular complexity index is 528. The summed E-state index contributed by atoms with van der Waals surface area (Å²) in [4.78, 5) is 6.80. The summed E-state index contributed by atoms with van der Waals surface area (Å²) in [5, 5.41) is 10.9. The van der Waals surface area contributed by atoms with Gasteiger partial charge in [0.05, 0.1) is 12.3 Å². The first-order valence-electron chi connectivity index (χ1n) is 5.98. The topological polar surface area (TPSA) is 96.6 Å². The maximum absolute atomic E-state index is 10.8. The number of aryl methyl sites for hydroxylation is 1. The van der Waals surface area contributed by atoms with E-state index in [1.807, 2.05) is 19.9 Å². The van der Waals surface area contributed by atoms with Crippen LogP contribution in [0.25, 0.3) is 0 Å². The maximum atomic E-state index is 10.8. The van der Waals surface area contributed by atoms with Gasteiger partial charge in [-0.25, -0.2) is 18.5 Å². The molecule has 1 aromatic rings. The van der Waals surface area contributed by atoms with Crippen molar-refractivity contribution in [3.63, 3.8) is 0 Å². The zero-order valence-electron chi connectivity index (χ0n) is 11.5. The Morgan fingerprint density at radius 3 is 2.60 bits per heavy atom. The van der Waals surface area contributed by atoms with Gasteiger partial charge in [-0.2, -0.15) is 0 Å². The number of guanidine groups is 1. The third-order valence-electron chi connectivity index (χ3n) is 2.21. The van der Waals surface area contributed by atoms with E-state index in [2.05, 4.69) is 21.7 Å². The third-order valence-corrected chi connectivity index (χ3v) is 3.97. The Morgan fingerprint density at radius 1 is 1.40 bits per heavy atom. The molecule has 0 atom stereocenters. The summed E-state index contributed by atoms with van der Waals surface area (Å²) in [6.07, 6.45) is 0. The molecule has 0 aliphatic carbocycles. The molecule has 0 aromatic carbocycles. The number of sulfonamides is 1. The van der Waals surface area contributed by atoms with E-state index in [0.29, 0.717) is 19.0 Å². The van der Waals surface area contributed by atoms with Gasteiger partial charge in [0.2, 0.25) is 10.0 Å². The lowest BCUT2D eigenvalue weighted by atomic mass is 10.4. The summed E-state index contributed by atoms with van der Waals surface area (Å²) >= 11 is 1.70. The summed E-state index contributed by atoms with van der Waals surface area (Å²) in [5.74, 6) is 0.479. The molecule has 1 heterocycles. The molecule has 0 spiro atoms. The van der Waals surface area contributed by atoms with Gasteiger partial charge in [-0.3, -0.25) is 0 Å². The van der Waals surface area contributed by atoms with E-state index in [0.717, 1.165) is 0 Å². The minimum Gasteiger partial charge on any atom is -0.357 e. The van der Waals surface area contributed by atoms with Gasteiger partial charge in [0.1, 0.15) is 0 Å². The van der Waals surface area contributed by atoms with E-state index >= 15 is 0 Å². The minimum absolute atomic E-state index is 0. The van der Waals surface area contributed by atoms with Gasteiger partial charge < -0.3 is 10.6 Å². The molecule has 0 unspecified atom stereocenters. The summed E-state index contributed by atoms with van der Waals surface area (Å²) < 4.78 is 21.7. The largest absolute Gasteiger partial charge is 0.357 e. The number of primary sulfonamides is 1. The smallest absolute Gasteiger partial charge is 0.210 e. The molecule has 116 valence electrons. The normalized spacial score (nSPS) is 11.8.